The summed E-state index contributed by atoms with van der Waals surface area (Å²) in [7, 11) is 1.66. The van der Waals surface area contributed by atoms with E-state index in [1.54, 1.807) is 49.7 Å². The van der Waals surface area contributed by atoms with Crippen LogP contribution in [0.4, 0.5) is 22.1 Å². The van der Waals surface area contributed by atoms with Gasteiger partial charge in [0.15, 0.2) is 5.16 Å². The molecule has 1 heterocycles. The van der Waals surface area contributed by atoms with E-state index in [9.17, 15) is 24.8 Å². The second-order valence-corrected chi connectivity index (χ2v) is 10.8. The van der Waals surface area contributed by atoms with Crippen LogP contribution >= 0.6 is 11.8 Å². The summed E-state index contributed by atoms with van der Waals surface area (Å²) in [5, 5.41) is 21.3. The molecule has 0 bridgehead atoms. The fourth-order valence-corrected chi connectivity index (χ4v) is 4.02. The largest absolute Gasteiger partial charge is 0.480 e. The standard InChI is InChI=1S/C27H32N6O7S/c1-27(2,3)40-26(36)31(4)14-17-6-10-19(11-7-17)39-20-12-8-18(9-13-20)15-32(16-21(34)35)24-22(33(37)38)23(28)29-25(30-24)41-5/h6-13H,14-16H2,1-5H3,(H,34,35)(H2,28,29,30). The molecule has 0 aliphatic carbocycles. The highest BCUT2D eigenvalue weighted by atomic mass is 32.2. The predicted molar refractivity (Wildman–Crippen MR) is 154 cm³/mol. The molecule has 3 aromatic rings. The molecular formula is C27H32N6O7S. The third-order valence-corrected chi connectivity index (χ3v) is 5.99. The van der Waals surface area contributed by atoms with Crippen molar-refractivity contribution in [1.29, 1.82) is 0 Å². The smallest absolute Gasteiger partial charge is 0.410 e. The van der Waals surface area contributed by atoms with Crippen LogP contribution in [0.1, 0.15) is 31.9 Å². The molecule has 0 aliphatic heterocycles. The van der Waals surface area contributed by atoms with Gasteiger partial charge in [-0.15, -0.1) is 0 Å². The van der Waals surface area contributed by atoms with E-state index in [4.69, 9.17) is 15.2 Å². The molecule has 218 valence electrons. The lowest BCUT2D eigenvalue weighted by molar-refractivity contribution is -0.383. The van der Waals surface area contributed by atoms with E-state index in [-0.39, 0.29) is 23.3 Å². The number of anilines is 2. The summed E-state index contributed by atoms with van der Waals surface area (Å²) in [4.78, 5) is 45.6. The molecule has 0 saturated heterocycles. The van der Waals surface area contributed by atoms with Crippen molar-refractivity contribution in [2.75, 3.05) is 30.5 Å². The first-order chi connectivity index (χ1) is 19.3. The highest BCUT2D eigenvalue weighted by Crippen LogP contribution is 2.33. The molecule has 1 amide bonds. The first-order valence-corrected chi connectivity index (χ1v) is 13.6. The molecule has 0 aliphatic rings. The van der Waals surface area contributed by atoms with Gasteiger partial charge < -0.3 is 30.1 Å². The van der Waals surface area contributed by atoms with Crippen molar-refractivity contribution in [3.05, 3.63) is 69.8 Å². The van der Waals surface area contributed by atoms with Crippen molar-refractivity contribution in [1.82, 2.24) is 14.9 Å². The fourth-order valence-electron chi connectivity index (χ4n) is 3.66. The number of carboxylic acid groups (broad SMARTS) is 1. The monoisotopic (exact) mass is 584 g/mol. The topological polar surface area (TPSA) is 174 Å². The lowest BCUT2D eigenvalue weighted by Crippen LogP contribution is -2.33. The number of aromatic nitrogens is 2. The second-order valence-electron chi connectivity index (χ2n) is 10.0. The predicted octanol–water partition coefficient (Wildman–Crippen LogP) is 4.94. The number of ether oxygens (including phenoxy) is 2. The molecule has 0 unspecified atom stereocenters. The van der Waals surface area contributed by atoms with Gasteiger partial charge in [-0.2, -0.15) is 9.97 Å². The van der Waals surface area contributed by atoms with Crippen LogP contribution in [0.2, 0.25) is 0 Å². The Labute approximate surface area is 241 Å². The zero-order valence-corrected chi connectivity index (χ0v) is 24.2. The summed E-state index contributed by atoms with van der Waals surface area (Å²) in [5.74, 6) is -0.606. The van der Waals surface area contributed by atoms with Crippen LogP contribution in [0, 0.1) is 10.1 Å². The van der Waals surface area contributed by atoms with E-state index in [1.807, 2.05) is 32.9 Å². The summed E-state index contributed by atoms with van der Waals surface area (Å²) in [5.41, 5.74) is 6.23. The number of rotatable bonds is 11. The van der Waals surface area contributed by atoms with Crippen LogP contribution in [-0.2, 0) is 22.6 Å². The second kappa shape index (κ2) is 13.2. The molecule has 3 N–H and O–H groups in total. The zero-order chi connectivity index (χ0) is 30.3. The Bertz CT molecular complexity index is 1400. The molecule has 1 aromatic heterocycles. The molecule has 14 heteroatoms. The van der Waals surface area contributed by atoms with E-state index in [0.717, 1.165) is 17.3 Å². The van der Waals surface area contributed by atoms with E-state index in [1.165, 1.54) is 9.80 Å². The van der Waals surface area contributed by atoms with Crippen LogP contribution in [-0.4, -0.2) is 62.4 Å². The molecule has 0 spiro atoms. The lowest BCUT2D eigenvalue weighted by Gasteiger charge is -2.24. The molecule has 3 rings (SSSR count). The normalized spacial score (nSPS) is 11.0. The van der Waals surface area contributed by atoms with E-state index in [0.29, 0.717) is 23.6 Å². The van der Waals surface area contributed by atoms with Gasteiger partial charge in [-0.05, 0) is 62.4 Å². The van der Waals surface area contributed by atoms with Gasteiger partial charge in [0.25, 0.3) is 0 Å². The van der Waals surface area contributed by atoms with Crippen LogP contribution in [0.5, 0.6) is 11.5 Å². The van der Waals surface area contributed by atoms with Gasteiger partial charge in [0.05, 0.1) is 4.92 Å². The average molecular weight is 585 g/mol. The minimum atomic E-state index is -1.19. The number of nitrogens with zero attached hydrogens (tertiary/aromatic N) is 5. The highest BCUT2D eigenvalue weighted by molar-refractivity contribution is 7.98. The Morgan fingerprint density at radius 3 is 2.02 bits per heavy atom. The third kappa shape index (κ3) is 8.96. The van der Waals surface area contributed by atoms with Gasteiger partial charge in [-0.3, -0.25) is 14.9 Å². The molecule has 0 radical (unpaired) electrons. The van der Waals surface area contributed by atoms with Crippen LogP contribution in [0.15, 0.2) is 53.7 Å². The Kier molecular flexibility index (Phi) is 9.94. The van der Waals surface area contributed by atoms with Gasteiger partial charge >= 0.3 is 17.7 Å². The number of carbonyl (C=O) groups excluding carboxylic acids is 1. The minimum Gasteiger partial charge on any atom is -0.480 e. The number of thioether (sulfide) groups is 1. The lowest BCUT2D eigenvalue weighted by atomic mass is 10.2. The Hall–Kier alpha value is -4.59. The Morgan fingerprint density at radius 2 is 1.56 bits per heavy atom. The molecule has 0 atom stereocenters. The number of nitrogens with two attached hydrogens (primary N) is 1. The third-order valence-electron chi connectivity index (χ3n) is 5.44. The van der Waals surface area contributed by atoms with Crippen molar-refractivity contribution >= 4 is 41.1 Å². The van der Waals surface area contributed by atoms with Gasteiger partial charge in [-0.25, -0.2) is 4.79 Å². The van der Waals surface area contributed by atoms with Crippen molar-refractivity contribution in [3.8, 4) is 11.5 Å². The van der Waals surface area contributed by atoms with Gasteiger partial charge in [0, 0.05) is 20.1 Å². The number of amides is 1. The maximum atomic E-state index is 12.2. The SMILES string of the molecule is CSc1nc(N)c([N+](=O)[O-])c(N(CC(=O)O)Cc2ccc(Oc3ccc(CN(C)C(=O)OC(C)(C)C)cc3)cc2)n1. The van der Waals surface area contributed by atoms with Gasteiger partial charge in [-0.1, -0.05) is 36.0 Å². The number of hydrogen-bond donors (Lipinski definition) is 2. The summed E-state index contributed by atoms with van der Waals surface area (Å²) < 4.78 is 11.3. The maximum absolute atomic E-state index is 12.2. The van der Waals surface area contributed by atoms with Crippen LogP contribution in [0.25, 0.3) is 0 Å². The number of carboxylic acids is 1. The number of aliphatic carboxylic acids is 1. The summed E-state index contributed by atoms with van der Waals surface area (Å²) in [6.07, 6.45) is 1.27. The number of carbonyl (C=O) groups is 2. The van der Waals surface area contributed by atoms with Crippen LogP contribution in [0.3, 0.4) is 0 Å². The number of hydrogen-bond acceptors (Lipinski definition) is 11. The molecule has 13 nitrogen and oxygen atoms in total. The van der Waals surface area contributed by atoms with Crippen molar-refractivity contribution in [2.24, 2.45) is 0 Å². The molecule has 2 aromatic carbocycles. The number of benzene rings is 2. The Morgan fingerprint density at radius 1 is 1.02 bits per heavy atom. The summed E-state index contributed by atoms with van der Waals surface area (Å²) in [6.45, 7) is 5.27. The summed E-state index contributed by atoms with van der Waals surface area (Å²) >= 11 is 1.13. The van der Waals surface area contributed by atoms with Gasteiger partial charge in [0.2, 0.25) is 11.6 Å². The number of nitro groups is 1. The maximum Gasteiger partial charge on any atom is 0.410 e. The average Bonchev–Trinajstić information content (AvgIpc) is 2.88. The summed E-state index contributed by atoms with van der Waals surface area (Å²) in [6, 6.07) is 14.1. The molecule has 41 heavy (non-hydrogen) atoms. The number of nitrogen functional groups attached to an aromatic ring is 1. The first-order valence-electron chi connectivity index (χ1n) is 12.4. The fraction of sp³-hybridized carbons (Fsp3) is 0.333. The van der Waals surface area contributed by atoms with Crippen molar-refractivity contribution in [2.45, 2.75) is 44.6 Å². The molecule has 0 fully saturated rings. The zero-order valence-electron chi connectivity index (χ0n) is 23.4. The van der Waals surface area contributed by atoms with E-state index in [2.05, 4.69) is 9.97 Å². The highest BCUT2D eigenvalue weighted by Gasteiger charge is 2.28. The van der Waals surface area contributed by atoms with E-state index >= 15 is 0 Å². The van der Waals surface area contributed by atoms with E-state index < -0.39 is 34.8 Å². The van der Waals surface area contributed by atoms with Crippen molar-refractivity contribution < 1.29 is 29.1 Å². The minimum absolute atomic E-state index is 0.0115. The van der Waals surface area contributed by atoms with Crippen LogP contribution < -0.4 is 15.4 Å². The molecule has 0 saturated carbocycles. The quantitative estimate of drug-likeness (QED) is 0.135. The van der Waals surface area contributed by atoms with Gasteiger partial charge in [0.1, 0.15) is 23.6 Å². The van der Waals surface area contributed by atoms with Crippen molar-refractivity contribution in [3.63, 3.8) is 0 Å². The Balaban J connectivity index is 1.71. The first kappa shape index (κ1) is 30.9. The molecular weight excluding hydrogens is 552 g/mol.